The number of anilines is 3. The number of pyridine rings is 2. The van der Waals surface area contributed by atoms with Crippen LogP contribution < -0.4 is 15.4 Å². The van der Waals surface area contributed by atoms with Crippen molar-refractivity contribution in [2.24, 2.45) is 0 Å². The van der Waals surface area contributed by atoms with Crippen LogP contribution in [0.2, 0.25) is 0 Å². The molecule has 6 nitrogen and oxygen atoms in total. The molecule has 0 radical (unpaired) electrons. The van der Waals surface area contributed by atoms with E-state index in [-0.39, 0.29) is 12.0 Å². The fourth-order valence-electron chi connectivity index (χ4n) is 3.11. The number of hydrogen-bond acceptors (Lipinski definition) is 5. The number of carbonyl (C=O) groups is 1. The number of amides is 1. The number of ether oxygens (including phenoxy) is 1. The van der Waals surface area contributed by atoms with E-state index in [0.29, 0.717) is 16.9 Å². The van der Waals surface area contributed by atoms with Gasteiger partial charge in [-0.25, -0.2) is 0 Å². The van der Waals surface area contributed by atoms with Gasteiger partial charge >= 0.3 is 0 Å². The van der Waals surface area contributed by atoms with Crippen molar-refractivity contribution in [3.63, 3.8) is 0 Å². The number of benzene rings is 2. The van der Waals surface area contributed by atoms with E-state index in [2.05, 4.69) is 20.6 Å². The van der Waals surface area contributed by atoms with E-state index < -0.39 is 0 Å². The zero-order valence-corrected chi connectivity index (χ0v) is 16.8. The van der Waals surface area contributed by atoms with Gasteiger partial charge in [0.15, 0.2) is 0 Å². The van der Waals surface area contributed by atoms with Gasteiger partial charge in [0.25, 0.3) is 5.91 Å². The van der Waals surface area contributed by atoms with Crippen LogP contribution in [0.25, 0.3) is 10.9 Å². The standard InChI is InChI=1S/C24H22N4O2/c1-16(2)30-22-11-4-3-9-20(22)27-19-13-18(14-25-15-19)24(29)28-21-10-5-7-17-8-6-12-26-23(17)21/h3-16,27H,1-2H3,(H,28,29). The van der Waals surface area contributed by atoms with E-state index in [9.17, 15) is 4.79 Å². The van der Waals surface area contributed by atoms with Crippen LogP contribution in [0.4, 0.5) is 17.1 Å². The molecule has 4 aromatic rings. The predicted molar refractivity (Wildman–Crippen MR) is 119 cm³/mol. The fourth-order valence-corrected chi connectivity index (χ4v) is 3.11. The van der Waals surface area contributed by atoms with Crippen LogP contribution in [0.3, 0.4) is 0 Å². The molecule has 2 N–H and O–H groups in total. The lowest BCUT2D eigenvalue weighted by Crippen LogP contribution is -2.13. The number of hydrogen-bond donors (Lipinski definition) is 2. The average molecular weight is 398 g/mol. The van der Waals surface area contributed by atoms with Crippen molar-refractivity contribution in [2.75, 3.05) is 10.6 Å². The Hall–Kier alpha value is -3.93. The maximum atomic E-state index is 12.8. The topological polar surface area (TPSA) is 76.1 Å². The van der Waals surface area contributed by atoms with E-state index in [1.807, 2.05) is 68.4 Å². The Labute approximate surface area is 175 Å². The molecule has 2 aromatic carbocycles. The summed E-state index contributed by atoms with van der Waals surface area (Å²) in [5.74, 6) is 0.486. The van der Waals surface area contributed by atoms with Gasteiger partial charge in [-0.1, -0.05) is 30.3 Å². The molecule has 0 fully saturated rings. The SMILES string of the molecule is CC(C)Oc1ccccc1Nc1cncc(C(=O)Nc2cccc3cccnc23)c1. The van der Waals surface area contributed by atoms with E-state index in [1.54, 1.807) is 18.5 Å². The van der Waals surface area contributed by atoms with Crippen LogP contribution in [-0.2, 0) is 0 Å². The Balaban J connectivity index is 1.56. The predicted octanol–water partition coefficient (Wildman–Crippen LogP) is 5.41. The molecular weight excluding hydrogens is 376 g/mol. The van der Waals surface area contributed by atoms with Crippen molar-refractivity contribution in [3.05, 3.63) is 84.8 Å². The van der Waals surface area contributed by atoms with Crippen molar-refractivity contribution in [1.82, 2.24) is 9.97 Å². The number of carbonyl (C=O) groups excluding carboxylic acids is 1. The number of nitrogens with zero attached hydrogens (tertiary/aromatic N) is 2. The van der Waals surface area contributed by atoms with Gasteiger partial charge in [-0.2, -0.15) is 0 Å². The molecule has 2 aromatic heterocycles. The lowest BCUT2D eigenvalue weighted by molar-refractivity contribution is 0.102. The Morgan fingerprint density at radius 2 is 1.77 bits per heavy atom. The first-order valence-electron chi connectivity index (χ1n) is 9.73. The second-order valence-electron chi connectivity index (χ2n) is 7.08. The van der Waals surface area contributed by atoms with Crippen molar-refractivity contribution >= 4 is 33.9 Å². The van der Waals surface area contributed by atoms with Crippen LogP contribution in [0.1, 0.15) is 24.2 Å². The van der Waals surface area contributed by atoms with Crippen LogP contribution >= 0.6 is 0 Å². The molecule has 30 heavy (non-hydrogen) atoms. The maximum absolute atomic E-state index is 12.8. The monoisotopic (exact) mass is 398 g/mol. The van der Waals surface area contributed by atoms with Gasteiger partial charge in [-0.3, -0.25) is 14.8 Å². The molecule has 0 spiro atoms. The largest absolute Gasteiger partial charge is 0.489 e. The number of aromatic nitrogens is 2. The first-order valence-corrected chi connectivity index (χ1v) is 9.73. The third-order valence-corrected chi connectivity index (χ3v) is 4.41. The first-order chi connectivity index (χ1) is 14.6. The van der Waals surface area contributed by atoms with Gasteiger partial charge in [-0.15, -0.1) is 0 Å². The zero-order chi connectivity index (χ0) is 20.9. The molecule has 2 heterocycles. The summed E-state index contributed by atoms with van der Waals surface area (Å²) in [6.45, 7) is 3.96. The summed E-state index contributed by atoms with van der Waals surface area (Å²) < 4.78 is 5.85. The molecule has 150 valence electrons. The molecule has 6 heteroatoms. The summed E-state index contributed by atoms with van der Waals surface area (Å²) in [4.78, 5) is 21.4. The number of rotatable bonds is 6. The molecule has 0 saturated heterocycles. The zero-order valence-electron chi connectivity index (χ0n) is 16.8. The Bertz CT molecular complexity index is 1190. The Kier molecular flexibility index (Phi) is 5.57. The van der Waals surface area contributed by atoms with Crippen LogP contribution in [-0.4, -0.2) is 22.0 Å². The Morgan fingerprint density at radius 1 is 0.967 bits per heavy atom. The highest BCUT2D eigenvalue weighted by Gasteiger charge is 2.11. The second kappa shape index (κ2) is 8.61. The number of nitrogens with one attached hydrogen (secondary N) is 2. The Morgan fingerprint density at radius 3 is 2.63 bits per heavy atom. The van der Waals surface area contributed by atoms with Crippen molar-refractivity contribution in [2.45, 2.75) is 20.0 Å². The molecule has 0 aliphatic rings. The van der Waals surface area contributed by atoms with Crippen molar-refractivity contribution in [3.8, 4) is 5.75 Å². The second-order valence-corrected chi connectivity index (χ2v) is 7.08. The van der Waals surface area contributed by atoms with E-state index in [0.717, 1.165) is 22.3 Å². The minimum atomic E-state index is -0.254. The summed E-state index contributed by atoms with van der Waals surface area (Å²) >= 11 is 0. The average Bonchev–Trinajstić information content (AvgIpc) is 2.75. The fraction of sp³-hybridized carbons (Fsp3) is 0.125. The van der Waals surface area contributed by atoms with Crippen molar-refractivity contribution < 1.29 is 9.53 Å². The van der Waals surface area contributed by atoms with Gasteiger partial charge in [0.2, 0.25) is 0 Å². The van der Waals surface area contributed by atoms with Gasteiger partial charge in [0, 0.05) is 17.8 Å². The van der Waals surface area contributed by atoms with E-state index in [4.69, 9.17) is 4.74 Å². The molecule has 4 rings (SSSR count). The third-order valence-electron chi connectivity index (χ3n) is 4.41. The van der Waals surface area contributed by atoms with Crippen LogP contribution in [0.15, 0.2) is 79.3 Å². The van der Waals surface area contributed by atoms with Gasteiger partial charge < -0.3 is 15.4 Å². The highest BCUT2D eigenvalue weighted by Crippen LogP contribution is 2.28. The van der Waals surface area contributed by atoms with Crippen LogP contribution in [0, 0.1) is 0 Å². The molecular formula is C24H22N4O2. The minimum absolute atomic E-state index is 0.0532. The lowest BCUT2D eigenvalue weighted by Gasteiger charge is -2.15. The van der Waals surface area contributed by atoms with Crippen molar-refractivity contribution in [1.29, 1.82) is 0 Å². The molecule has 1 amide bonds. The van der Waals surface area contributed by atoms with Gasteiger partial charge in [-0.05, 0) is 44.2 Å². The first kappa shape index (κ1) is 19.4. The summed E-state index contributed by atoms with van der Waals surface area (Å²) in [5, 5.41) is 7.19. The highest BCUT2D eigenvalue weighted by atomic mass is 16.5. The quantitative estimate of drug-likeness (QED) is 0.454. The summed E-state index contributed by atoms with van der Waals surface area (Å²) in [6, 6.07) is 18.9. The number of fused-ring (bicyclic) bond motifs is 1. The molecule has 0 saturated carbocycles. The summed E-state index contributed by atoms with van der Waals surface area (Å²) in [5.41, 5.74) is 3.35. The summed E-state index contributed by atoms with van der Waals surface area (Å²) in [6.07, 6.45) is 4.97. The van der Waals surface area contributed by atoms with Crippen LogP contribution in [0.5, 0.6) is 5.75 Å². The normalized spacial score (nSPS) is 10.8. The van der Waals surface area contributed by atoms with Gasteiger partial charge in [0.1, 0.15) is 5.75 Å². The molecule has 0 atom stereocenters. The summed E-state index contributed by atoms with van der Waals surface area (Å²) in [7, 11) is 0. The minimum Gasteiger partial charge on any atom is -0.489 e. The molecule has 0 aliphatic heterocycles. The molecule has 0 aliphatic carbocycles. The lowest BCUT2D eigenvalue weighted by atomic mass is 10.1. The highest BCUT2D eigenvalue weighted by molar-refractivity contribution is 6.08. The van der Waals surface area contributed by atoms with E-state index in [1.165, 1.54) is 6.20 Å². The maximum Gasteiger partial charge on any atom is 0.257 e. The van der Waals surface area contributed by atoms with Gasteiger partial charge in [0.05, 0.1) is 40.4 Å². The molecule has 0 unspecified atom stereocenters. The molecule has 0 bridgehead atoms. The number of para-hydroxylation sites is 3. The van der Waals surface area contributed by atoms with E-state index >= 15 is 0 Å². The smallest absolute Gasteiger partial charge is 0.257 e. The third kappa shape index (κ3) is 4.38.